The van der Waals surface area contributed by atoms with Crippen molar-refractivity contribution >= 4 is 5.91 Å². The first-order chi connectivity index (χ1) is 10.2. The number of rotatable bonds is 6. The summed E-state index contributed by atoms with van der Waals surface area (Å²) >= 11 is 0. The molecule has 1 aromatic carbocycles. The molecular weight excluding hydrogens is 273 g/mol. The van der Waals surface area contributed by atoms with Crippen LogP contribution < -0.4 is 10.1 Å². The first-order valence-electron chi connectivity index (χ1n) is 7.45. The third-order valence-corrected chi connectivity index (χ3v) is 4.06. The lowest BCUT2D eigenvalue weighted by atomic mass is 9.79. The smallest absolute Gasteiger partial charge is 0.257 e. The van der Waals surface area contributed by atoms with Gasteiger partial charge in [-0.15, -0.1) is 0 Å². The second-order valence-electron chi connectivity index (χ2n) is 5.51. The molecule has 0 heterocycles. The second-order valence-corrected chi connectivity index (χ2v) is 5.51. The molecule has 1 aliphatic rings. The minimum atomic E-state index is -0.474. The first-order valence-corrected chi connectivity index (χ1v) is 7.45. The Labute approximate surface area is 124 Å². The molecule has 1 fully saturated rings. The molecule has 4 nitrogen and oxygen atoms in total. The number of aliphatic hydroxyl groups excluding tert-OH is 1. The Balaban J connectivity index is 1.73. The van der Waals surface area contributed by atoms with Crippen LogP contribution in [-0.4, -0.2) is 30.8 Å². The molecule has 2 unspecified atom stereocenters. The van der Waals surface area contributed by atoms with Crippen LogP contribution in [0.1, 0.15) is 25.7 Å². The molecule has 1 aliphatic carbocycles. The molecule has 1 aromatic rings. The molecule has 0 aromatic heterocycles. The fraction of sp³-hybridized carbons (Fsp3) is 0.562. The number of halogens is 1. The third kappa shape index (κ3) is 4.70. The number of hydrogen-bond donors (Lipinski definition) is 2. The minimum Gasteiger partial charge on any atom is -0.481 e. The van der Waals surface area contributed by atoms with Crippen molar-refractivity contribution in [3.05, 3.63) is 30.1 Å². The maximum absolute atomic E-state index is 13.3. The molecule has 5 heteroatoms. The molecular formula is C16H22FNO3. The van der Waals surface area contributed by atoms with Crippen LogP contribution in [0.5, 0.6) is 5.75 Å². The topological polar surface area (TPSA) is 58.6 Å². The van der Waals surface area contributed by atoms with Gasteiger partial charge in [-0.05, 0) is 36.8 Å². The van der Waals surface area contributed by atoms with Crippen LogP contribution >= 0.6 is 0 Å². The van der Waals surface area contributed by atoms with E-state index in [4.69, 9.17) is 4.74 Å². The lowest BCUT2D eigenvalue weighted by molar-refractivity contribution is -0.123. The number of benzene rings is 1. The summed E-state index contributed by atoms with van der Waals surface area (Å²) < 4.78 is 18.5. The molecule has 2 N–H and O–H groups in total. The van der Waals surface area contributed by atoms with E-state index >= 15 is 0 Å². The van der Waals surface area contributed by atoms with Crippen LogP contribution in [-0.2, 0) is 4.79 Å². The zero-order valence-electron chi connectivity index (χ0n) is 12.1. The standard InChI is InChI=1S/C16H22FNO3/c17-14-7-3-4-8-15(14)21-11-16(20)18-9-12-5-1-2-6-13(12)10-19/h3-4,7-8,12-13,19H,1-2,5-6,9-11H2,(H,18,20). The summed E-state index contributed by atoms with van der Waals surface area (Å²) in [4.78, 5) is 11.7. The average Bonchev–Trinajstić information content (AvgIpc) is 2.52. The van der Waals surface area contributed by atoms with Crippen LogP contribution in [0.3, 0.4) is 0 Å². The van der Waals surface area contributed by atoms with Gasteiger partial charge in [-0.2, -0.15) is 0 Å². The van der Waals surface area contributed by atoms with Gasteiger partial charge >= 0.3 is 0 Å². The van der Waals surface area contributed by atoms with Crippen LogP contribution in [0.25, 0.3) is 0 Å². The minimum absolute atomic E-state index is 0.0820. The molecule has 1 saturated carbocycles. The molecule has 0 bridgehead atoms. The van der Waals surface area contributed by atoms with E-state index in [0.29, 0.717) is 12.5 Å². The quantitative estimate of drug-likeness (QED) is 0.845. The van der Waals surface area contributed by atoms with Crippen LogP contribution in [0.4, 0.5) is 4.39 Å². The highest BCUT2D eigenvalue weighted by atomic mass is 19.1. The normalized spacial score (nSPS) is 21.8. The van der Waals surface area contributed by atoms with Gasteiger partial charge in [0.1, 0.15) is 0 Å². The molecule has 2 atom stereocenters. The molecule has 116 valence electrons. The summed E-state index contributed by atoms with van der Waals surface area (Å²) in [5, 5.41) is 12.1. The maximum Gasteiger partial charge on any atom is 0.257 e. The van der Waals surface area contributed by atoms with Crippen molar-refractivity contribution in [2.24, 2.45) is 11.8 Å². The molecule has 2 rings (SSSR count). The van der Waals surface area contributed by atoms with Crippen molar-refractivity contribution in [3.63, 3.8) is 0 Å². The van der Waals surface area contributed by atoms with E-state index in [-0.39, 0.29) is 30.8 Å². The third-order valence-electron chi connectivity index (χ3n) is 4.06. The van der Waals surface area contributed by atoms with Crippen LogP contribution in [0, 0.1) is 17.7 Å². The van der Waals surface area contributed by atoms with Gasteiger partial charge in [0.2, 0.25) is 0 Å². The van der Waals surface area contributed by atoms with Gasteiger partial charge in [0.25, 0.3) is 5.91 Å². The van der Waals surface area contributed by atoms with Gasteiger partial charge in [0.15, 0.2) is 18.2 Å². The Kier molecular flexibility index (Phi) is 5.99. The van der Waals surface area contributed by atoms with E-state index in [0.717, 1.165) is 25.7 Å². The Morgan fingerprint density at radius 2 is 2.00 bits per heavy atom. The number of para-hydroxylation sites is 1. The number of aliphatic hydroxyl groups is 1. The van der Waals surface area contributed by atoms with Crippen molar-refractivity contribution in [1.82, 2.24) is 5.32 Å². The van der Waals surface area contributed by atoms with Gasteiger partial charge in [-0.25, -0.2) is 4.39 Å². The Bertz CT molecular complexity index is 467. The number of nitrogens with one attached hydrogen (secondary N) is 1. The summed E-state index contributed by atoms with van der Waals surface area (Å²) in [5.41, 5.74) is 0. The summed E-state index contributed by atoms with van der Waals surface area (Å²) in [5.74, 6) is -0.0651. The number of hydrogen-bond acceptors (Lipinski definition) is 3. The summed E-state index contributed by atoms with van der Waals surface area (Å²) in [6.07, 6.45) is 4.33. The van der Waals surface area contributed by atoms with E-state index in [1.165, 1.54) is 12.1 Å². The van der Waals surface area contributed by atoms with Crippen molar-refractivity contribution in [2.75, 3.05) is 19.8 Å². The van der Waals surface area contributed by atoms with Gasteiger partial charge < -0.3 is 15.2 Å². The van der Waals surface area contributed by atoms with Gasteiger partial charge in [-0.3, -0.25) is 4.79 Å². The fourth-order valence-electron chi connectivity index (χ4n) is 2.79. The molecule has 21 heavy (non-hydrogen) atoms. The summed E-state index contributed by atoms with van der Waals surface area (Å²) in [6, 6.07) is 6.01. The Morgan fingerprint density at radius 1 is 1.29 bits per heavy atom. The number of carbonyl (C=O) groups is 1. The largest absolute Gasteiger partial charge is 0.481 e. The lowest BCUT2D eigenvalue weighted by Gasteiger charge is -2.30. The van der Waals surface area contributed by atoms with Crippen molar-refractivity contribution in [3.8, 4) is 5.75 Å². The molecule has 0 saturated heterocycles. The molecule has 0 aliphatic heterocycles. The molecule has 1 amide bonds. The Hall–Kier alpha value is -1.62. The summed E-state index contributed by atoms with van der Waals surface area (Å²) in [7, 11) is 0. The monoisotopic (exact) mass is 295 g/mol. The highest BCUT2D eigenvalue weighted by Gasteiger charge is 2.24. The van der Waals surface area contributed by atoms with E-state index in [9.17, 15) is 14.3 Å². The highest BCUT2D eigenvalue weighted by molar-refractivity contribution is 5.77. The van der Waals surface area contributed by atoms with E-state index in [1.54, 1.807) is 12.1 Å². The average molecular weight is 295 g/mol. The maximum atomic E-state index is 13.3. The predicted octanol–water partition coefficient (Wildman–Crippen LogP) is 2.12. The number of ether oxygens (including phenoxy) is 1. The molecule has 0 radical (unpaired) electrons. The van der Waals surface area contributed by atoms with Crippen molar-refractivity contribution in [1.29, 1.82) is 0 Å². The van der Waals surface area contributed by atoms with E-state index < -0.39 is 5.82 Å². The van der Waals surface area contributed by atoms with Crippen LogP contribution in [0.15, 0.2) is 24.3 Å². The first kappa shape index (κ1) is 15.8. The SMILES string of the molecule is O=C(COc1ccccc1F)NCC1CCCCC1CO. The van der Waals surface area contributed by atoms with Crippen molar-refractivity contribution < 1.29 is 19.0 Å². The highest BCUT2D eigenvalue weighted by Crippen LogP contribution is 2.29. The van der Waals surface area contributed by atoms with Gasteiger partial charge in [-0.1, -0.05) is 25.0 Å². The van der Waals surface area contributed by atoms with E-state index in [1.807, 2.05) is 0 Å². The number of amides is 1. The van der Waals surface area contributed by atoms with Crippen LogP contribution in [0.2, 0.25) is 0 Å². The fourth-order valence-corrected chi connectivity index (χ4v) is 2.79. The summed E-state index contributed by atoms with van der Waals surface area (Å²) in [6.45, 7) is 0.522. The zero-order valence-corrected chi connectivity index (χ0v) is 12.1. The molecule has 0 spiro atoms. The van der Waals surface area contributed by atoms with Gasteiger partial charge in [0, 0.05) is 13.2 Å². The lowest BCUT2D eigenvalue weighted by Crippen LogP contribution is -2.37. The second kappa shape index (κ2) is 7.98. The number of carbonyl (C=O) groups excluding carboxylic acids is 1. The zero-order chi connectivity index (χ0) is 15.1. The Morgan fingerprint density at radius 3 is 2.71 bits per heavy atom. The van der Waals surface area contributed by atoms with E-state index in [2.05, 4.69) is 5.32 Å². The van der Waals surface area contributed by atoms with Gasteiger partial charge in [0.05, 0.1) is 0 Å². The van der Waals surface area contributed by atoms with Crippen molar-refractivity contribution in [2.45, 2.75) is 25.7 Å². The predicted molar refractivity (Wildman–Crippen MR) is 77.4 cm³/mol.